The highest BCUT2D eigenvalue weighted by Gasteiger charge is 2.12. The van der Waals surface area contributed by atoms with E-state index in [0.29, 0.717) is 0 Å². The van der Waals surface area contributed by atoms with E-state index >= 15 is 0 Å². The van der Waals surface area contributed by atoms with Crippen LogP contribution in [-0.4, -0.2) is 23.8 Å². The van der Waals surface area contributed by atoms with Crippen molar-refractivity contribution in [3.63, 3.8) is 0 Å². The quantitative estimate of drug-likeness (QED) is 0.409. The molecule has 1 atom stereocenters. The van der Waals surface area contributed by atoms with E-state index < -0.39 is 12.1 Å². The van der Waals surface area contributed by atoms with Crippen molar-refractivity contribution in [2.75, 3.05) is 6.54 Å². The maximum atomic E-state index is 10.1. The number of carbonyl (C=O) groups is 1. The Hall–Kier alpha value is -1.93. The Morgan fingerprint density at radius 2 is 2.58 bits per heavy atom. The minimum absolute atomic E-state index is 0.0172. The van der Waals surface area contributed by atoms with Gasteiger partial charge < -0.3 is 10.4 Å². The third kappa shape index (κ3) is 4.90. The predicted octanol–water partition coefficient (Wildman–Crippen LogP) is 0.0866. The summed E-state index contributed by atoms with van der Waals surface area (Å²) in [5.74, 6) is 0. The van der Waals surface area contributed by atoms with Gasteiger partial charge in [-0.3, -0.25) is 0 Å². The lowest BCUT2D eigenvalue weighted by Crippen LogP contribution is -2.35. The van der Waals surface area contributed by atoms with E-state index in [1.54, 1.807) is 6.07 Å². The first-order valence-corrected chi connectivity index (χ1v) is 3.10. The second kappa shape index (κ2) is 5.82. The zero-order valence-corrected chi connectivity index (χ0v) is 6.19. The Labute approximate surface area is 68.2 Å². The van der Waals surface area contributed by atoms with Gasteiger partial charge in [-0.1, -0.05) is 0 Å². The number of rotatable bonds is 4. The molecule has 1 unspecified atom stereocenters. The first-order chi connectivity index (χ1) is 5.70. The molecular weight excluding hydrogens is 162 g/mol. The van der Waals surface area contributed by atoms with Crippen molar-refractivity contribution in [2.45, 2.75) is 12.5 Å². The minimum Gasteiger partial charge on any atom is -0.465 e. The lowest BCUT2D eigenvalue weighted by Gasteiger charge is -2.06. The predicted molar refractivity (Wildman–Crippen MR) is 37.3 cm³/mol. The van der Waals surface area contributed by atoms with E-state index in [4.69, 9.17) is 15.9 Å². The summed E-state index contributed by atoms with van der Waals surface area (Å²) in [4.78, 5) is 12.8. The van der Waals surface area contributed by atoms with Crippen LogP contribution >= 0.6 is 0 Å². The number of hydrogen-bond acceptors (Lipinski definition) is 4. The van der Waals surface area contributed by atoms with Gasteiger partial charge in [-0.25, -0.2) is 4.79 Å². The Bertz CT molecular complexity index is 235. The van der Waals surface area contributed by atoms with E-state index in [0.717, 1.165) is 0 Å². The second-order valence-electron chi connectivity index (χ2n) is 1.93. The maximum Gasteiger partial charge on any atom is 0.404 e. The van der Waals surface area contributed by atoms with E-state index in [-0.39, 0.29) is 13.0 Å². The van der Waals surface area contributed by atoms with Gasteiger partial charge in [0, 0.05) is 0 Å². The van der Waals surface area contributed by atoms with Crippen molar-refractivity contribution in [1.82, 2.24) is 10.2 Å². The zero-order valence-electron chi connectivity index (χ0n) is 6.19. The number of nitriles is 1. The van der Waals surface area contributed by atoms with Crippen LogP contribution in [0.5, 0.6) is 0 Å². The van der Waals surface area contributed by atoms with E-state index in [2.05, 4.69) is 15.3 Å². The molecule has 0 bridgehead atoms. The molecule has 0 aliphatic carbocycles. The zero-order chi connectivity index (χ0) is 9.40. The Kier molecular flexibility index (Phi) is 4.89. The maximum absolute atomic E-state index is 10.1. The first-order valence-electron chi connectivity index (χ1n) is 3.10. The minimum atomic E-state index is -1.21. The molecule has 0 aromatic rings. The normalized spacial score (nSPS) is 10.6. The third-order valence-electron chi connectivity index (χ3n) is 1.04. The van der Waals surface area contributed by atoms with E-state index in [1.807, 2.05) is 0 Å². The monoisotopic (exact) mass is 170 g/mol. The Morgan fingerprint density at radius 1 is 1.92 bits per heavy atom. The van der Waals surface area contributed by atoms with Gasteiger partial charge in [0.25, 0.3) is 0 Å². The topological polar surface area (TPSA) is 123 Å². The summed E-state index contributed by atoms with van der Waals surface area (Å²) in [6.07, 6.45) is -1.19. The molecule has 0 aliphatic rings. The number of nitrogens with one attached hydrogen (secondary N) is 2. The third-order valence-corrected chi connectivity index (χ3v) is 1.04. The Balaban J connectivity index is 3.95. The molecule has 0 fully saturated rings. The molecule has 0 heterocycles. The van der Waals surface area contributed by atoms with Gasteiger partial charge in [-0.05, 0) is 0 Å². The van der Waals surface area contributed by atoms with Gasteiger partial charge in [0.15, 0.2) is 0 Å². The van der Waals surface area contributed by atoms with Crippen LogP contribution in [0.25, 0.3) is 0 Å². The molecule has 12 heavy (non-hydrogen) atoms. The molecule has 7 heteroatoms. The molecular formula is C5H8N5O2+. The molecule has 64 valence electrons. The SMILES string of the molecule is N#CCC(CN=[N+]=N)NC(=O)O. The van der Waals surface area contributed by atoms with E-state index in [9.17, 15) is 4.79 Å². The van der Waals surface area contributed by atoms with Crippen molar-refractivity contribution < 1.29 is 9.90 Å². The average molecular weight is 170 g/mol. The highest BCUT2D eigenvalue weighted by molar-refractivity contribution is 5.64. The summed E-state index contributed by atoms with van der Waals surface area (Å²) in [7, 11) is 0. The van der Waals surface area contributed by atoms with Gasteiger partial charge in [0.05, 0.1) is 18.5 Å². The largest absolute Gasteiger partial charge is 0.465 e. The van der Waals surface area contributed by atoms with Crippen LogP contribution in [0, 0.1) is 16.9 Å². The molecule has 0 saturated heterocycles. The molecule has 0 aliphatic heterocycles. The second-order valence-corrected chi connectivity index (χ2v) is 1.93. The number of carboxylic acid groups (broad SMARTS) is 1. The van der Waals surface area contributed by atoms with Gasteiger partial charge in [0.1, 0.15) is 17.2 Å². The summed E-state index contributed by atoms with van der Waals surface area (Å²) >= 11 is 0. The van der Waals surface area contributed by atoms with Crippen LogP contribution in [-0.2, 0) is 0 Å². The van der Waals surface area contributed by atoms with Crippen LogP contribution in [0.2, 0.25) is 0 Å². The average Bonchev–Trinajstić information content (AvgIpc) is 2.00. The molecule has 7 nitrogen and oxygen atoms in total. The van der Waals surface area contributed by atoms with Crippen molar-refractivity contribution in [2.24, 2.45) is 5.11 Å². The molecule has 0 saturated carbocycles. The van der Waals surface area contributed by atoms with Crippen molar-refractivity contribution in [1.29, 1.82) is 10.8 Å². The number of nitrogens with zero attached hydrogens (tertiary/aromatic N) is 3. The molecule has 0 aromatic heterocycles. The van der Waals surface area contributed by atoms with Crippen molar-refractivity contribution >= 4 is 6.09 Å². The van der Waals surface area contributed by atoms with Crippen LogP contribution in [0.1, 0.15) is 6.42 Å². The Morgan fingerprint density at radius 3 is 3.00 bits per heavy atom. The lowest BCUT2D eigenvalue weighted by molar-refractivity contribution is 0.190. The highest BCUT2D eigenvalue weighted by atomic mass is 16.4. The summed E-state index contributed by atoms with van der Waals surface area (Å²) in [5, 5.41) is 21.8. The summed E-state index contributed by atoms with van der Waals surface area (Å²) in [5.41, 5.74) is 6.31. The fourth-order valence-electron chi connectivity index (χ4n) is 0.585. The highest BCUT2D eigenvalue weighted by Crippen LogP contribution is 1.90. The molecule has 1 amide bonds. The smallest absolute Gasteiger partial charge is 0.404 e. The fourth-order valence-corrected chi connectivity index (χ4v) is 0.585. The molecule has 0 aromatic carbocycles. The fraction of sp³-hybridized carbons (Fsp3) is 0.600. The van der Waals surface area contributed by atoms with Gasteiger partial charge in [-0.2, -0.15) is 5.26 Å². The molecule has 0 spiro atoms. The molecule has 0 radical (unpaired) electrons. The van der Waals surface area contributed by atoms with Gasteiger partial charge in [-0.15, -0.1) is 0 Å². The van der Waals surface area contributed by atoms with Crippen LogP contribution in [0.4, 0.5) is 4.79 Å². The summed E-state index contributed by atoms with van der Waals surface area (Å²) in [6, 6.07) is 1.21. The van der Waals surface area contributed by atoms with Gasteiger partial charge >= 0.3 is 6.09 Å². The standard InChI is InChI=1S/C5H7N5O2/c6-2-1-4(3-8-10-7)9-5(11)12/h4,7,9H,1,3H2/p+1. The summed E-state index contributed by atoms with van der Waals surface area (Å²) in [6.45, 7) is 0.0172. The lowest BCUT2D eigenvalue weighted by atomic mass is 10.2. The molecule has 3 N–H and O–H groups in total. The molecule has 0 rings (SSSR count). The van der Waals surface area contributed by atoms with Gasteiger partial charge in [0.2, 0.25) is 4.91 Å². The number of hydrogen-bond donors (Lipinski definition) is 3. The van der Waals surface area contributed by atoms with Crippen LogP contribution in [0.3, 0.4) is 0 Å². The summed E-state index contributed by atoms with van der Waals surface area (Å²) < 4.78 is 0. The van der Waals surface area contributed by atoms with Crippen LogP contribution in [0.15, 0.2) is 5.11 Å². The number of amides is 1. The van der Waals surface area contributed by atoms with Crippen molar-refractivity contribution in [3.8, 4) is 6.07 Å². The van der Waals surface area contributed by atoms with Crippen LogP contribution < -0.4 is 10.2 Å². The van der Waals surface area contributed by atoms with Crippen molar-refractivity contribution in [3.05, 3.63) is 0 Å². The first kappa shape index (κ1) is 10.1. The van der Waals surface area contributed by atoms with E-state index in [1.165, 1.54) is 0 Å².